The fourth-order valence-electron chi connectivity index (χ4n) is 2.88. The number of nitrogen functional groups attached to an aromatic ring is 1. The quantitative estimate of drug-likeness (QED) is 0.314. The van der Waals surface area contributed by atoms with Crippen LogP contribution in [0, 0.1) is 5.41 Å². The van der Waals surface area contributed by atoms with Gasteiger partial charge in [-0.25, -0.2) is 0 Å². The number of nitrogens with two attached hydrogens (primary N) is 1. The molecule has 4 aromatic rings. The van der Waals surface area contributed by atoms with E-state index in [0.29, 0.717) is 5.69 Å². The Morgan fingerprint density at radius 3 is 2.50 bits per heavy atom. The number of hydrogen-bond acceptors (Lipinski definition) is 4. The molecule has 0 unspecified atom stereocenters. The van der Waals surface area contributed by atoms with E-state index in [4.69, 9.17) is 11.1 Å². The van der Waals surface area contributed by atoms with E-state index in [2.05, 4.69) is 48.8 Å². The van der Waals surface area contributed by atoms with Crippen LogP contribution >= 0.6 is 11.3 Å². The molecule has 0 atom stereocenters. The number of anilines is 1. The lowest BCUT2D eigenvalue weighted by molar-refractivity contribution is 1.14. The number of thiophene rings is 1. The third-order valence-corrected chi connectivity index (χ3v) is 5.57. The highest BCUT2D eigenvalue weighted by atomic mass is 32.1. The van der Waals surface area contributed by atoms with Gasteiger partial charge in [-0.2, -0.15) is 0 Å². The first-order valence-electron chi connectivity index (χ1n) is 9.11. The van der Waals surface area contributed by atoms with Crippen LogP contribution in [0.5, 0.6) is 0 Å². The van der Waals surface area contributed by atoms with Crippen molar-refractivity contribution in [1.82, 2.24) is 4.98 Å². The van der Waals surface area contributed by atoms with Gasteiger partial charge in [0.05, 0.1) is 5.69 Å². The highest BCUT2D eigenvalue weighted by molar-refractivity contribution is 7.22. The first-order valence-corrected chi connectivity index (χ1v) is 9.93. The molecular weight excluding hydrogens is 362 g/mol. The molecular formula is C24H23N3S. The third kappa shape index (κ3) is 4.35. The Kier molecular flexibility index (Phi) is 6.35. The molecule has 0 saturated heterocycles. The van der Waals surface area contributed by atoms with Gasteiger partial charge in [-0.3, -0.25) is 4.98 Å². The molecule has 4 rings (SSSR count). The first kappa shape index (κ1) is 19.5. The summed E-state index contributed by atoms with van der Waals surface area (Å²) >= 11 is 1.75. The molecule has 3 N–H and O–H groups in total. The number of rotatable bonds is 4. The van der Waals surface area contributed by atoms with Gasteiger partial charge >= 0.3 is 0 Å². The number of aryl methyl sites for hydroxylation is 1. The summed E-state index contributed by atoms with van der Waals surface area (Å²) in [5.74, 6) is 0. The maximum atomic E-state index is 7.52. The predicted molar refractivity (Wildman–Crippen MR) is 123 cm³/mol. The van der Waals surface area contributed by atoms with Gasteiger partial charge in [-0.1, -0.05) is 37.8 Å². The van der Waals surface area contributed by atoms with Gasteiger partial charge in [-0.15, -0.1) is 11.3 Å². The van der Waals surface area contributed by atoms with Gasteiger partial charge in [0.1, 0.15) is 0 Å². The molecule has 0 spiro atoms. The van der Waals surface area contributed by atoms with Gasteiger partial charge in [-0.05, 0) is 59.8 Å². The molecule has 0 aliphatic heterocycles. The minimum Gasteiger partial charge on any atom is -0.398 e. The van der Waals surface area contributed by atoms with Crippen LogP contribution in [0.4, 0.5) is 5.69 Å². The fourth-order valence-corrected chi connectivity index (χ4v) is 3.97. The molecule has 2 heterocycles. The molecule has 140 valence electrons. The lowest BCUT2D eigenvalue weighted by atomic mass is 10.0. The van der Waals surface area contributed by atoms with Crippen LogP contribution in [0.25, 0.3) is 26.6 Å². The zero-order chi connectivity index (χ0) is 19.9. The highest BCUT2D eigenvalue weighted by Crippen LogP contribution is 2.37. The SMILES string of the molecule is C=Cc1ccccn1.CCc1cc(C=N)c(N)c(-c2cc3ccccc3s2)c1. The molecule has 2 aromatic carbocycles. The Balaban J connectivity index is 0.000000236. The summed E-state index contributed by atoms with van der Waals surface area (Å²) < 4.78 is 1.26. The molecule has 0 amide bonds. The standard InChI is InChI=1S/C17H16N2S.C7H7N/c1-2-11-7-13(10-18)17(19)14(8-11)16-9-12-5-3-4-6-15(12)20-16;1-2-7-5-3-4-6-8-7/h3-10,18H,2,19H2,1H3;2-6H,1H2. The molecule has 0 aliphatic rings. The largest absolute Gasteiger partial charge is 0.398 e. The number of nitrogens with one attached hydrogen (secondary N) is 1. The smallest absolute Gasteiger partial charge is 0.0623 e. The van der Waals surface area contributed by atoms with Crippen LogP contribution in [-0.2, 0) is 6.42 Å². The Morgan fingerprint density at radius 2 is 1.89 bits per heavy atom. The van der Waals surface area contributed by atoms with Crippen LogP contribution in [0.15, 0.2) is 73.4 Å². The van der Waals surface area contributed by atoms with E-state index < -0.39 is 0 Å². The molecule has 0 radical (unpaired) electrons. The molecule has 4 heteroatoms. The minimum absolute atomic E-state index is 0.698. The van der Waals surface area contributed by atoms with Crippen molar-refractivity contribution in [3.63, 3.8) is 0 Å². The van der Waals surface area contributed by atoms with E-state index in [-0.39, 0.29) is 0 Å². The molecule has 0 bridgehead atoms. The molecule has 0 fully saturated rings. The maximum absolute atomic E-state index is 7.52. The van der Waals surface area contributed by atoms with E-state index in [9.17, 15) is 0 Å². The van der Waals surface area contributed by atoms with Crippen molar-refractivity contribution in [1.29, 1.82) is 5.41 Å². The fraction of sp³-hybridized carbons (Fsp3) is 0.0833. The van der Waals surface area contributed by atoms with Crippen molar-refractivity contribution in [2.75, 3.05) is 5.73 Å². The second-order valence-electron chi connectivity index (χ2n) is 6.25. The van der Waals surface area contributed by atoms with Gasteiger partial charge in [0.15, 0.2) is 0 Å². The topological polar surface area (TPSA) is 62.8 Å². The number of nitrogens with zero attached hydrogens (tertiary/aromatic N) is 1. The summed E-state index contributed by atoms with van der Waals surface area (Å²) in [6.07, 6.45) is 5.75. The Morgan fingerprint density at radius 1 is 1.11 bits per heavy atom. The van der Waals surface area contributed by atoms with Gasteiger partial charge in [0.2, 0.25) is 0 Å². The third-order valence-electron chi connectivity index (χ3n) is 4.42. The number of fused-ring (bicyclic) bond motifs is 1. The zero-order valence-corrected chi connectivity index (χ0v) is 16.7. The molecule has 0 saturated carbocycles. The van der Waals surface area contributed by atoms with Crippen LogP contribution in [-0.4, -0.2) is 11.2 Å². The maximum Gasteiger partial charge on any atom is 0.0623 e. The number of aromatic nitrogens is 1. The minimum atomic E-state index is 0.698. The second-order valence-corrected chi connectivity index (χ2v) is 7.34. The van der Waals surface area contributed by atoms with Crippen LogP contribution in [0.2, 0.25) is 0 Å². The zero-order valence-electron chi connectivity index (χ0n) is 15.9. The van der Waals surface area contributed by atoms with Crippen LogP contribution < -0.4 is 5.73 Å². The highest BCUT2D eigenvalue weighted by Gasteiger charge is 2.11. The van der Waals surface area contributed by atoms with E-state index in [1.165, 1.54) is 26.7 Å². The van der Waals surface area contributed by atoms with Gasteiger partial charge < -0.3 is 11.1 Å². The predicted octanol–water partition coefficient (Wildman–Crippen LogP) is 6.44. The van der Waals surface area contributed by atoms with Crippen molar-refractivity contribution < 1.29 is 0 Å². The Labute approximate surface area is 169 Å². The molecule has 0 aliphatic carbocycles. The summed E-state index contributed by atoms with van der Waals surface area (Å²) in [5, 5.41) is 8.76. The van der Waals surface area contributed by atoms with Crippen molar-refractivity contribution in [2.24, 2.45) is 0 Å². The lowest BCUT2D eigenvalue weighted by Crippen LogP contribution is -1.98. The van der Waals surface area contributed by atoms with Crippen LogP contribution in [0.3, 0.4) is 0 Å². The van der Waals surface area contributed by atoms with Crippen molar-refractivity contribution >= 4 is 39.4 Å². The molecule has 3 nitrogen and oxygen atoms in total. The van der Waals surface area contributed by atoms with E-state index >= 15 is 0 Å². The Bertz CT molecular complexity index is 1060. The van der Waals surface area contributed by atoms with E-state index in [0.717, 1.165) is 23.2 Å². The summed E-state index contributed by atoms with van der Waals surface area (Å²) in [5.41, 5.74) is 10.9. The van der Waals surface area contributed by atoms with E-state index in [1.54, 1.807) is 23.6 Å². The Hall–Kier alpha value is -3.24. The summed E-state index contributed by atoms with van der Waals surface area (Å²) in [6, 6.07) is 20.4. The van der Waals surface area contributed by atoms with E-state index in [1.807, 2.05) is 30.3 Å². The van der Waals surface area contributed by atoms with Gasteiger partial charge in [0.25, 0.3) is 0 Å². The average molecular weight is 386 g/mol. The van der Waals surface area contributed by atoms with Crippen molar-refractivity contribution in [3.8, 4) is 10.4 Å². The molecule has 2 aromatic heterocycles. The number of pyridine rings is 1. The first-order chi connectivity index (χ1) is 13.7. The second kappa shape index (κ2) is 9.11. The van der Waals surface area contributed by atoms with Gasteiger partial charge in [0, 0.05) is 38.8 Å². The molecule has 28 heavy (non-hydrogen) atoms. The summed E-state index contributed by atoms with van der Waals surface area (Å²) in [4.78, 5) is 5.15. The average Bonchev–Trinajstić information content (AvgIpc) is 3.19. The van der Waals surface area contributed by atoms with Crippen molar-refractivity contribution in [3.05, 3.63) is 90.3 Å². The number of benzene rings is 2. The number of hydrogen-bond donors (Lipinski definition) is 2. The monoisotopic (exact) mass is 385 g/mol. The summed E-state index contributed by atoms with van der Waals surface area (Å²) in [6.45, 7) is 5.69. The normalized spacial score (nSPS) is 10.2. The lowest BCUT2D eigenvalue weighted by Gasteiger charge is -2.09. The van der Waals surface area contributed by atoms with Crippen LogP contribution in [0.1, 0.15) is 23.7 Å². The summed E-state index contributed by atoms with van der Waals surface area (Å²) in [7, 11) is 0. The van der Waals surface area contributed by atoms with Crippen molar-refractivity contribution in [2.45, 2.75) is 13.3 Å².